The van der Waals surface area contributed by atoms with Crippen LogP contribution in [0.25, 0.3) is 0 Å². The van der Waals surface area contributed by atoms with Crippen LogP contribution in [0.5, 0.6) is 0 Å². The molecule has 0 saturated heterocycles. The lowest BCUT2D eigenvalue weighted by atomic mass is 9.99. The number of hydrogen-bond donors (Lipinski definition) is 0. The van der Waals surface area contributed by atoms with Crippen LogP contribution in [0.4, 0.5) is 0 Å². The van der Waals surface area contributed by atoms with Crippen LogP contribution >= 0.6 is 11.6 Å². The van der Waals surface area contributed by atoms with Crippen molar-refractivity contribution in [3.63, 3.8) is 0 Å². The van der Waals surface area contributed by atoms with E-state index >= 15 is 0 Å². The fourth-order valence-corrected chi connectivity index (χ4v) is 2.33. The van der Waals surface area contributed by atoms with Crippen molar-refractivity contribution in [2.45, 2.75) is 25.2 Å². The molecule has 1 aliphatic rings. The molecule has 0 bridgehead atoms. The van der Waals surface area contributed by atoms with E-state index < -0.39 is 0 Å². The highest BCUT2D eigenvalue weighted by molar-refractivity contribution is 6.31. The summed E-state index contributed by atoms with van der Waals surface area (Å²) >= 11 is 6.05. The number of rotatable bonds is 2. The zero-order valence-electron chi connectivity index (χ0n) is 7.29. The van der Waals surface area contributed by atoms with E-state index in [0.29, 0.717) is 12.3 Å². The maximum Gasteiger partial charge on any atom is 0.120 e. The van der Waals surface area contributed by atoms with Gasteiger partial charge in [-0.25, -0.2) is 0 Å². The predicted molar refractivity (Wildman–Crippen MR) is 53.2 cm³/mol. The molecule has 0 N–H and O–H groups in total. The van der Waals surface area contributed by atoms with Crippen LogP contribution in [0.3, 0.4) is 0 Å². The molecule has 13 heavy (non-hydrogen) atoms. The maximum absolute atomic E-state index is 10.4. The van der Waals surface area contributed by atoms with Crippen molar-refractivity contribution in [3.8, 4) is 0 Å². The highest BCUT2D eigenvalue weighted by Gasteiger charge is 2.23. The van der Waals surface area contributed by atoms with Crippen molar-refractivity contribution in [2.75, 3.05) is 0 Å². The summed E-state index contributed by atoms with van der Waals surface area (Å²) in [6.07, 6.45) is 3.72. The molecule has 0 spiro atoms. The Kier molecular flexibility index (Phi) is 2.36. The van der Waals surface area contributed by atoms with E-state index in [1.54, 1.807) is 0 Å². The van der Waals surface area contributed by atoms with E-state index in [1.807, 2.05) is 12.1 Å². The lowest BCUT2D eigenvalue weighted by Gasteiger charge is -2.06. The smallest absolute Gasteiger partial charge is 0.120 e. The van der Waals surface area contributed by atoms with E-state index in [1.165, 1.54) is 11.1 Å². The van der Waals surface area contributed by atoms with Crippen molar-refractivity contribution < 1.29 is 4.79 Å². The lowest BCUT2D eigenvalue weighted by molar-refractivity contribution is -0.108. The number of halogens is 1. The van der Waals surface area contributed by atoms with Gasteiger partial charge in [0.2, 0.25) is 0 Å². The Hall–Kier alpha value is -0.820. The van der Waals surface area contributed by atoms with Crippen molar-refractivity contribution in [2.24, 2.45) is 0 Å². The van der Waals surface area contributed by atoms with E-state index in [9.17, 15) is 4.79 Å². The molecule has 0 aliphatic heterocycles. The van der Waals surface area contributed by atoms with Crippen LogP contribution in [0.15, 0.2) is 18.2 Å². The number of benzene rings is 1. The minimum absolute atomic E-state index is 0.409. The quantitative estimate of drug-likeness (QED) is 0.662. The van der Waals surface area contributed by atoms with Crippen LogP contribution in [0, 0.1) is 0 Å². The van der Waals surface area contributed by atoms with Crippen molar-refractivity contribution in [1.29, 1.82) is 0 Å². The Morgan fingerprint density at radius 3 is 3.15 bits per heavy atom. The van der Waals surface area contributed by atoms with Crippen molar-refractivity contribution in [1.82, 2.24) is 0 Å². The molecule has 0 saturated carbocycles. The van der Waals surface area contributed by atoms with Crippen molar-refractivity contribution >= 4 is 17.9 Å². The molecule has 0 aromatic heterocycles. The molecule has 1 aromatic carbocycles. The normalized spacial score (nSPS) is 19.9. The van der Waals surface area contributed by atoms with Gasteiger partial charge in [-0.15, -0.1) is 0 Å². The Balaban J connectivity index is 2.37. The van der Waals surface area contributed by atoms with Gasteiger partial charge in [0.15, 0.2) is 0 Å². The number of fused-ring (bicyclic) bond motifs is 1. The van der Waals surface area contributed by atoms with Gasteiger partial charge in [0.05, 0.1) is 0 Å². The first kappa shape index (κ1) is 8.76. The third-order valence-electron chi connectivity index (χ3n) is 2.72. The highest BCUT2D eigenvalue weighted by atomic mass is 35.5. The summed E-state index contributed by atoms with van der Waals surface area (Å²) < 4.78 is 0. The Bertz CT molecular complexity index is 333. The molecule has 1 nitrogen and oxygen atoms in total. The van der Waals surface area contributed by atoms with E-state index in [4.69, 9.17) is 11.6 Å². The highest BCUT2D eigenvalue weighted by Crippen LogP contribution is 2.38. The minimum atomic E-state index is 0.409. The first-order chi connectivity index (χ1) is 6.33. The van der Waals surface area contributed by atoms with E-state index in [-0.39, 0.29) is 0 Å². The second-order valence-electron chi connectivity index (χ2n) is 3.45. The monoisotopic (exact) mass is 194 g/mol. The van der Waals surface area contributed by atoms with Crippen LogP contribution in [0.1, 0.15) is 29.9 Å². The second-order valence-corrected chi connectivity index (χ2v) is 3.85. The number of hydrogen-bond acceptors (Lipinski definition) is 1. The fraction of sp³-hybridized carbons (Fsp3) is 0.364. The number of aldehydes is 1. The van der Waals surface area contributed by atoms with E-state index in [2.05, 4.69) is 6.07 Å². The van der Waals surface area contributed by atoms with E-state index in [0.717, 1.165) is 24.2 Å². The third-order valence-corrected chi connectivity index (χ3v) is 3.07. The molecular weight excluding hydrogens is 184 g/mol. The summed E-state index contributed by atoms with van der Waals surface area (Å²) in [5.41, 5.74) is 2.52. The molecule has 1 unspecified atom stereocenters. The van der Waals surface area contributed by atoms with Crippen LogP contribution in [-0.2, 0) is 11.2 Å². The molecule has 2 heteroatoms. The molecule has 68 valence electrons. The van der Waals surface area contributed by atoms with Crippen LogP contribution in [-0.4, -0.2) is 6.29 Å². The van der Waals surface area contributed by atoms with Crippen LogP contribution in [0.2, 0.25) is 5.02 Å². The average molecular weight is 195 g/mol. The van der Waals surface area contributed by atoms with Gasteiger partial charge in [-0.3, -0.25) is 0 Å². The van der Waals surface area contributed by atoms with Gasteiger partial charge in [-0.05, 0) is 36.0 Å². The summed E-state index contributed by atoms with van der Waals surface area (Å²) in [7, 11) is 0. The summed E-state index contributed by atoms with van der Waals surface area (Å²) in [6, 6.07) is 5.97. The Morgan fingerprint density at radius 1 is 1.54 bits per heavy atom. The molecule has 0 amide bonds. The molecule has 0 fully saturated rings. The Morgan fingerprint density at radius 2 is 2.38 bits per heavy atom. The topological polar surface area (TPSA) is 17.1 Å². The standard InChI is InChI=1S/C11H11ClO/c12-11-3-1-2-9-8(6-7-13)4-5-10(9)11/h1-3,7-8H,4-6H2. The minimum Gasteiger partial charge on any atom is -0.303 e. The number of carbonyl (C=O) groups excluding carboxylic acids is 1. The molecule has 2 rings (SSSR count). The maximum atomic E-state index is 10.4. The SMILES string of the molecule is O=CCC1CCc2c(Cl)cccc21. The summed E-state index contributed by atoms with van der Waals surface area (Å²) in [4.78, 5) is 10.4. The summed E-state index contributed by atoms with van der Waals surface area (Å²) in [5, 5.41) is 0.853. The first-order valence-corrected chi connectivity index (χ1v) is 4.91. The first-order valence-electron chi connectivity index (χ1n) is 4.54. The summed E-state index contributed by atoms with van der Waals surface area (Å²) in [5.74, 6) is 0.409. The molecule has 0 heterocycles. The third kappa shape index (κ3) is 1.49. The Labute approximate surface area is 82.7 Å². The van der Waals surface area contributed by atoms with Gasteiger partial charge < -0.3 is 4.79 Å². The van der Waals surface area contributed by atoms with Gasteiger partial charge in [-0.1, -0.05) is 23.7 Å². The second kappa shape index (κ2) is 3.51. The van der Waals surface area contributed by atoms with Gasteiger partial charge >= 0.3 is 0 Å². The molecule has 1 aliphatic carbocycles. The van der Waals surface area contributed by atoms with Gasteiger partial charge in [0, 0.05) is 11.4 Å². The molecule has 0 radical (unpaired) electrons. The fourth-order valence-electron chi connectivity index (χ4n) is 2.06. The zero-order chi connectivity index (χ0) is 9.26. The zero-order valence-corrected chi connectivity index (χ0v) is 8.05. The largest absolute Gasteiger partial charge is 0.303 e. The van der Waals surface area contributed by atoms with Gasteiger partial charge in [0.25, 0.3) is 0 Å². The summed E-state index contributed by atoms with van der Waals surface area (Å²) in [6.45, 7) is 0. The molecule has 1 atom stereocenters. The van der Waals surface area contributed by atoms with Crippen molar-refractivity contribution in [3.05, 3.63) is 34.3 Å². The number of carbonyl (C=O) groups is 1. The molecule has 1 aromatic rings. The van der Waals surface area contributed by atoms with Gasteiger partial charge in [-0.2, -0.15) is 0 Å². The van der Waals surface area contributed by atoms with Crippen LogP contribution < -0.4 is 0 Å². The predicted octanol–water partition coefficient (Wildman–Crippen LogP) is 2.96. The van der Waals surface area contributed by atoms with Gasteiger partial charge in [0.1, 0.15) is 6.29 Å². The average Bonchev–Trinajstić information content (AvgIpc) is 2.51. The molecular formula is C11H11ClO. The lowest BCUT2D eigenvalue weighted by Crippen LogP contribution is -1.93.